The molecule has 1 aliphatic heterocycles. The van der Waals surface area contributed by atoms with Crippen molar-refractivity contribution in [3.05, 3.63) is 30.0 Å². The summed E-state index contributed by atoms with van der Waals surface area (Å²) in [6.07, 6.45) is 3.20. The third-order valence-corrected chi connectivity index (χ3v) is 3.11. The number of carbonyl (C=O) groups excluding carboxylic acids is 1. The van der Waals surface area contributed by atoms with E-state index in [1.54, 1.807) is 6.07 Å². The SMILES string of the molecule is O=Cc1ccc2ccc(N3CCCC3)nc2n1. The lowest BCUT2D eigenvalue weighted by molar-refractivity contribution is 0.111. The van der Waals surface area contributed by atoms with Crippen LogP contribution in [0.5, 0.6) is 0 Å². The zero-order valence-electron chi connectivity index (χ0n) is 9.47. The molecule has 4 heteroatoms. The predicted molar refractivity (Wildman–Crippen MR) is 66.4 cm³/mol. The molecule has 0 radical (unpaired) electrons. The molecule has 17 heavy (non-hydrogen) atoms. The van der Waals surface area contributed by atoms with Crippen LogP contribution in [0.4, 0.5) is 5.82 Å². The Balaban J connectivity index is 2.06. The molecule has 1 fully saturated rings. The number of aldehydes is 1. The topological polar surface area (TPSA) is 46.1 Å². The lowest BCUT2D eigenvalue weighted by Gasteiger charge is -2.16. The van der Waals surface area contributed by atoms with E-state index in [2.05, 4.69) is 14.9 Å². The first-order valence-corrected chi connectivity index (χ1v) is 5.85. The van der Waals surface area contributed by atoms with Gasteiger partial charge in [-0.15, -0.1) is 0 Å². The van der Waals surface area contributed by atoms with E-state index in [0.29, 0.717) is 11.3 Å². The van der Waals surface area contributed by atoms with Gasteiger partial charge in [0.2, 0.25) is 0 Å². The van der Waals surface area contributed by atoms with Crippen molar-refractivity contribution in [2.45, 2.75) is 12.8 Å². The molecule has 4 nitrogen and oxygen atoms in total. The first kappa shape index (κ1) is 10.2. The number of rotatable bonds is 2. The third-order valence-electron chi connectivity index (χ3n) is 3.11. The summed E-state index contributed by atoms with van der Waals surface area (Å²) >= 11 is 0. The second kappa shape index (κ2) is 4.13. The summed E-state index contributed by atoms with van der Waals surface area (Å²) in [7, 11) is 0. The van der Waals surface area contributed by atoms with Crippen molar-refractivity contribution < 1.29 is 4.79 Å². The van der Waals surface area contributed by atoms with E-state index >= 15 is 0 Å². The summed E-state index contributed by atoms with van der Waals surface area (Å²) in [5.41, 5.74) is 1.09. The van der Waals surface area contributed by atoms with Gasteiger partial charge in [0.05, 0.1) is 0 Å². The zero-order valence-corrected chi connectivity index (χ0v) is 9.47. The van der Waals surface area contributed by atoms with Crippen molar-refractivity contribution in [2.75, 3.05) is 18.0 Å². The van der Waals surface area contributed by atoms with Crippen LogP contribution in [0.2, 0.25) is 0 Å². The molecule has 0 unspecified atom stereocenters. The van der Waals surface area contributed by atoms with Gasteiger partial charge in [-0.05, 0) is 37.1 Å². The Kier molecular flexibility index (Phi) is 2.48. The van der Waals surface area contributed by atoms with E-state index in [-0.39, 0.29) is 0 Å². The van der Waals surface area contributed by atoms with Gasteiger partial charge in [0.1, 0.15) is 11.5 Å². The number of anilines is 1. The van der Waals surface area contributed by atoms with Gasteiger partial charge in [0.15, 0.2) is 11.9 Å². The quantitative estimate of drug-likeness (QED) is 0.736. The van der Waals surface area contributed by atoms with E-state index in [1.807, 2.05) is 18.2 Å². The summed E-state index contributed by atoms with van der Waals surface area (Å²) in [6.45, 7) is 2.12. The summed E-state index contributed by atoms with van der Waals surface area (Å²) < 4.78 is 0. The maximum atomic E-state index is 10.7. The van der Waals surface area contributed by atoms with Crippen LogP contribution in [0.15, 0.2) is 24.3 Å². The minimum absolute atomic E-state index is 0.434. The van der Waals surface area contributed by atoms with Crippen LogP contribution >= 0.6 is 0 Å². The molecule has 1 aliphatic rings. The molecule has 0 bridgehead atoms. The number of aromatic nitrogens is 2. The number of fused-ring (bicyclic) bond motifs is 1. The Morgan fingerprint density at radius 2 is 1.82 bits per heavy atom. The summed E-state index contributed by atoms with van der Waals surface area (Å²) in [5, 5.41) is 0.971. The Morgan fingerprint density at radius 1 is 1.06 bits per heavy atom. The largest absolute Gasteiger partial charge is 0.357 e. The molecule has 1 saturated heterocycles. The first-order chi connectivity index (χ1) is 8.36. The fourth-order valence-corrected chi connectivity index (χ4v) is 2.19. The number of hydrogen-bond donors (Lipinski definition) is 0. The maximum absolute atomic E-state index is 10.7. The Morgan fingerprint density at radius 3 is 2.59 bits per heavy atom. The second-order valence-corrected chi connectivity index (χ2v) is 4.26. The van der Waals surface area contributed by atoms with E-state index in [9.17, 15) is 4.79 Å². The first-order valence-electron chi connectivity index (χ1n) is 5.85. The predicted octanol–water partition coefficient (Wildman–Crippen LogP) is 2.04. The fourth-order valence-electron chi connectivity index (χ4n) is 2.19. The van der Waals surface area contributed by atoms with Gasteiger partial charge in [0.25, 0.3) is 0 Å². The van der Waals surface area contributed by atoms with Gasteiger partial charge in [-0.1, -0.05) is 0 Å². The van der Waals surface area contributed by atoms with E-state index in [4.69, 9.17) is 0 Å². The van der Waals surface area contributed by atoms with E-state index < -0.39 is 0 Å². The molecule has 2 aromatic rings. The number of pyridine rings is 2. The highest BCUT2D eigenvalue weighted by molar-refractivity contribution is 5.82. The Labute approximate surface area is 99.3 Å². The van der Waals surface area contributed by atoms with E-state index in [0.717, 1.165) is 30.6 Å². The average molecular weight is 227 g/mol. The van der Waals surface area contributed by atoms with Crippen molar-refractivity contribution in [1.29, 1.82) is 0 Å². The molecule has 0 spiro atoms. The highest BCUT2D eigenvalue weighted by atomic mass is 16.1. The second-order valence-electron chi connectivity index (χ2n) is 4.26. The van der Waals surface area contributed by atoms with Crippen molar-refractivity contribution in [3.63, 3.8) is 0 Å². The van der Waals surface area contributed by atoms with Crippen molar-refractivity contribution in [3.8, 4) is 0 Å². The molecule has 3 heterocycles. The molecule has 0 aliphatic carbocycles. The molecule has 86 valence electrons. The van der Waals surface area contributed by atoms with Gasteiger partial charge in [-0.3, -0.25) is 4.79 Å². The number of hydrogen-bond acceptors (Lipinski definition) is 4. The lowest BCUT2D eigenvalue weighted by atomic mass is 10.2. The molecule has 0 atom stereocenters. The van der Waals surface area contributed by atoms with Crippen LogP contribution in [0.1, 0.15) is 23.3 Å². The Bertz CT molecular complexity index is 562. The smallest absolute Gasteiger partial charge is 0.168 e. The lowest BCUT2D eigenvalue weighted by Crippen LogP contribution is -2.18. The zero-order chi connectivity index (χ0) is 11.7. The van der Waals surface area contributed by atoms with Crippen LogP contribution in [-0.2, 0) is 0 Å². The molecule has 0 aromatic carbocycles. The highest BCUT2D eigenvalue weighted by Crippen LogP contribution is 2.20. The van der Waals surface area contributed by atoms with Gasteiger partial charge >= 0.3 is 0 Å². The number of nitrogens with zero attached hydrogens (tertiary/aromatic N) is 3. The minimum Gasteiger partial charge on any atom is -0.357 e. The monoisotopic (exact) mass is 227 g/mol. The van der Waals surface area contributed by atoms with Crippen LogP contribution in [0.3, 0.4) is 0 Å². The average Bonchev–Trinajstić information content (AvgIpc) is 2.91. The van der Waals surface area contributed by atoms with Crippen molar-refractivity contribution in [1.82, 2.24) is 9.97 Å². The van der Waals surface area contributed by atoms with Gasteiger partial charge in [-0.2, -0.15) is 0 Å². The molecular weight excluding hydrogens is 214 g/mol. The molecule has 0 saturated carbocycles. The molecule has 3 rings (SSSR count). The van der Waals surface area contributed by atoms with Crippen LogP contribution < -0.4 is 4.90 Å². The van der Waals surface area contributed by atoms with Crippen LogP contribution in [-0.4, -0.2) is 29.3 Å². The van der Waals surface area contributed by atoms with Crippen molar-refractivity contribution >= 4 is 23.1 Å². The fraction of sp³-hybridized carbons (Fsp3) is 0.308. The summed E-state index contributed by atoms with van der Waals surface area (Å²) in [6, 6.07) is 7.63. The van der Waals surface area contributed by atoms with Gasteiger partial charge in [-0.25, -0.2) is 9.97 Å². The van der Waals surface area contributed by atoms with Crippen LogP contribution in [0.25, 0.3) is 11.0 Å². The third kappa shape index (κ3) is 1.86. The minimum atomic E-state index is 0.434. The summed E-state index contributed by atoms with van der Waals surface area (Å²) in [4.78, 5) is 21.7. The Hall–Kier alpha value is -1.97. The normalized spacial score (nSPS) is 15.4. The molecular formula is C13H13N3O. The molecule has 2 aromatic heterocycles. The van der Waals surface area contributed by atoms with Gasteiger partial charge in [0, 0.05) is 18.5 Å². The summed E-state index contributed by atoms with van der Waals surface area (Å²) in [5.74, 6) is 0.963. The number of carbonyl (C=O) groups is 1. The van der Waals surface area contributed by atoms with E-state index in [1.165, 1.54) is 12.8 Å². The maximum Gasteiger partial charge on any atom is 0.168 e. The molecule has 0 amide bonds. The highest BCUT2D eigenvalue weighted by Gasteiger charge is 2.13. The molecule has 0 N–H and O–H groups in total. The van der Waals surface area contributed by atoms with Crippen molar-refractivity contribution in [2.24, 2.45) is 0 Å². The van der Waals surface area contributed by atoms with Gasteiger partial charge < -0.3 is 4.90 Å². The standard InChI is InChI=1S/C13H13N3O/c17-9-11-5-3-10-4-6-12(15-13(10)14-11)16-7-1-2-8-16/h3-6,9H,1-2,7-8H2. The van der Waals surface area contributed by atoms with Crippen LogP contribution in [0, 0.1) is 0 Å².